The molecule has 1 rings (SSSR count). The molecule has 1 unspecified atom stereocenters. The van der Waals surface area contributed by atoms with E-state index in [-0.39, 0.29) is 5.92 Å². The standard InChI is InChI=1S/C12H13BrO2/c1-2-4-10(12(14)15)7-9-5-3-6-11(13)8-9/h2-3,5-6,8,10H,1,4,7H2,(H,14,15). The molecule has 1 N–H and O–H groups in total. The van der Waals surface area contributed by atoms with E-state index in [0.717, 1.165) is 10.0 Å². The van der Waals surface area contributed by atoms with Crippen LogP contribution in [0.2, 0.25) is 0 Å². The van der Waals surface area contributed by atoms with Crippen LogP contribution in [0.4, 0.5) is 0 Å². The second-order valence-corrected chi connectivity index (χ2v) is 4.31. The number of hydrogen-bond acceptors (Lipinski definition) is 1. The normalized spacial score (nSPS) is 12.1. The first kappa shape index (κ1) is 12.0. The topological polar surface area (TPSA) is 37.3 Å². The maximum Gasteiger partial charge on any atom is 0.307 e. The van der Waals surface area contributed by atoms with Gasteiger partial charge in [-0.3, -0.25) is 4.79 Å². The number of carboxylic acid groups (broad SMARTS) is 1. The van der Waals surface area contributed by atoms with Gasteiger partial charge >= 0.3 is 5.97 Å². The van der Waals surface area contributed by atoms with E-state index in [9.17, 15) is 4.79 Å². The monoisotopic (exact) mass is 268 g/mol. The van der Waals surface area contributed by atoms with Gasteiger partial charge in [0.2, 0.25) is 0 Å². The molecule has 2 nitrogen and oxygen atoms in total. The Bertz CT molecular complexity index is 360. The number of allylic oxidation sites excluding steroid dienone is 1. The summed E-state index contributed by atoms with van der Waals surface area (Å²) in [6.07, 6.45) is 2.69. The van der Waals surface area contributed by atoms with Gasteiger partial charge in [-0.05, 0) is 30.5 Å². The maximum atomic E-state index is 10.9. The Morgan fingerprint density at radius 2 is 2.33 bits per heavy atom. The Kier molecular flexibility index (Phi) is 4.56. The van der Waals surface area contributed by atoms with Crippen LogP contribution in [0.3, 0.4) is 0 Å². The number of halogens is 1. The van der Waals surface area contributed by atoms with E-state index in [1.165, 1.54) is 0 Å². The van der Waals surface area contributed by atoms with Crippen molar-refractivity contribution >= 4 is 21.9 Å². The molecule has 0 amide bonds. The lowest BCUT2D eigenvalue weighted by Gasteiger charge is -2.09. The van der Waals surface area contributed by atoms with Crippen molar-refractivity contribution in [3.63, 3.8) is 0 Å². The molecular formula is C12H13BrO2. The first-order valence-electron chi connectivity index (χ1n) is 4.71. The molecule has 3 heteroatoms. The van der Waals surface area contributed by atoms with E-state index in [4.69, 9.17) is 5.11 Å². The van der Waals surface area contributed by atoms with Gasteiger partial charge in [0, 0.05) is 4.47 Å². The van der Waals surface area contributed by atoms with E-state index in [0.29, 0.717) is 12.8 Å². The Morgan fingerprint density at radius 3 is 2.87 bits per heavy atom. The summed E-state index contributed by atoms with van der Waals surface area (Å²) in [5.74, 6) is -1.15. The largest absolute Gasteiger partial charge is 0.481 e. The van der Waals surface area contributed by atoms with Crippen LogP contribution in [0.25, 0.3) is 0 Å². The van der Waals surface area contributed by atoms with Gasteiger partial charge in [-0.2, -0.15) is 0 Å². The predicted octanol–water partition coefficient (Wildman–Crippen LogP) is 3.27. The molecule has 0 radical (unpaired) electrons. The van der Waals surface area contributed by atoms with E-state index in [1.54, 1.807) is 6.08 Å². The predicted molar refractivity (Wildman–Crippen MR) is 63.8 cm³/mol. The molecule has 0 aliphatic carbocycles. The highest BCUT2D eigenvalue weighted by Crippen LogP contribution is 2.17. The summed E-state index contributed by atoms with van der Waals surface area (Å²) in [6, 6.07) is 7.71. The second kappa shape index (κ2) is 5.71. The third kappa shape index (κ3) is 3.88. The number of carboxylic acids is 1. The minimum atomic E-state index is -0.769. The van der Waals surface area contributed by atoms with Crippen LogP contribution in [0.5, 0.6) is 0 Å². The fourth-order valence-corrected chi connectivity index (χ4v) is 1.87. The number of aliphatic carboxylic acids is 1. The fraction of sp³-hybridized carbons (Fsp3) is 0.250. The molecule has 15 heavy (non-hydrogen) atoms. The molecule has 0 aliphatic heterocycles. The van der Waals surface area contributed by atoms with Crippen molar-refractivity contribution in [2.75, 3.05) is 0 Å². The highest BCUT2D eigenvalue weighted by molar-refractivity contribution is 9.10. The second-order valence-electron chi connectivity index (χ2n) is 3.39. The summed E-state index contributed by atoms with van der Waals surface area (Å²) in [4.78, 5) is 10.9. The average Bonchev–Trinajstić information content (AvgIpc) is 2.17. The van der Waals surface area contributed by atoms with E-state index < -0.39 is 5.97 Å². The zero-order valence-corrected chi connectivity index (χ0v) is 9.90. The van der Waals surface area contributed by atoms with Gasteiger partial charge < -0.3 is 5.11 Å². The number of carbonyl (C=O) groups is 1. The zero-order chi connectivity index (χ0) is 11.3. The first-order chi connectivity index (χ1) is 7.13. The van der Waals surface area contributed by atoms with Crippen LogP contribution in [-0.2, 0) is 11.2 Å². The smallest absolute Gasteiger partial charge is 0.307 e. The molecule has 0 bridgehead atoms. The molecule has 1 aromatic rings. The summed E-state index contributed by atoms with van der Waals surface area (Å²) in [5, 5.41) is 8.98. The summed E-state index contributed by atoms with van der Waals surface area (Å²) in [6.45, 7) is 3.57. The lowest BCUT2D eigenvalue weighted by atomic mass is 9.96. The minimum Gasteiger partial charge on any atom is -0.481 e. The molecule has 0 spiro atoms. The SMILES string of the molecule is C=CCC(Cc1cccc(Br)c1)C(=O)O. The molecule has 1 atom stereocenters. The first-order valence-corrected chi connectivity index (χ1v) is 5.51. The Hall–Kier alpha value is -1.09. The maximum absolute atomic E-state index is 10.9. The Labute approximate surface area is 97.8 Å². The van der Waals surface area contributed by atoms with Crippen molar-refractivity contribution in [3.05, 3.63) is 47.0 Å². The van der Waals surface area contributed by atoms with E-state index >= 15 is 0 Å². The van der Waals surface area contributed by atoms with Gasteiger partial charge in [-0.15, -0.1) is 6.58 Å². The molecule has 1 aromatic carbocycles. The van der Waals surface area contributed by atoms with Crippen LogP contribution in [0.1, 0.15) is 12.0 Å². The van der Waals surface area contributed by atoms with Crippen LogP contribution in [-0.4, -0.2) is 11.1 Å². The highest BCUT2D eigenvalue weighted by Gasteiger charge is 2.16. The molecule has 0 aliphatic rings. The van der Waals surface area contributed by atoms with Crippen molar-refractivity contribution in [2.24, 2.45) is 5.92 Å². The Morgan fingerprint density at radius 1 is 1.60 bits per heavy atom. The van der Waals surface area contributed by atoms with Gasteiger partial charge in [0.1, 0.15) is 0 Å². The van der Waals surface area contributed by atoms with Gasteiger partial charge in [-0.25, -0.2) is 0 Å². The van der Waals surface area contributed by atoms with Crippen LogP contribution in [0, 0.1) is 5.92 Å². The van der Waals surface area contributed by atoms with Crippen LogP contribution >= 0.6 is 15.9 Å². The number of benzene rings is 1. The summed E-state index contributed by atoms with van der Waals surface area (Å²) >= 11 is 3.36. The quantitative estimate of drug-likeness (QED) is 0.833. The van der Waals surface area contributed by atoms with Gasteiger partial charge in [0.15, 0.2) is 0 Å². The molecule has 0 heterocycles. The summed E-state index contributed by atoms with van der Waals surface area (Å²) < 4.78 is 0.975. The van der Waals surface area contributed by atoms with Gasteiger partial charge in [0.25, 0.3) is 0 Å². The third-order valence-electron chi connectivity index (χ3n) is 2.17. The zero-order valence-electron chi connectivity index (χ0n) is 8.32. The lowest BCUT2D eigenvalue weighted by molar-refractivity contribution is -0.141. The number of rotatable bonds is 5. The molecular weight excluding hydrogens is 256 g/mol. The molecule has 0 saturated heterocycles. The molecule has 0 aromatic heterocycles. The average molecular weight is 269 g/mol. The van der Waals surface area contributed by atoms with Gasteiger partial charge in [0.05, 0.1) is 5.92 Å². The van der Waals surface area contributed by atoms with Crippen LogP contribution in [0.15, 0.2) is 41.4 Å². The minimum absolute atomic E-state index is 0.378. The Balaban J connectivity index is 2.73. The van der Waals surface area contributed by atoms with Crippen molar-refractivity contribution in [2.45, 2.75) is 12.8 Å². The van der Waals surface area contributed by atoms with E-state index in [2.05, 4.69) is 22.5 Å². The molecule has 80 valence electrons. The highest BCUT2D eigenvalue weighted by atomic mass is 79.9. The molecule has 0 fully saturated rings. The lowest BCUT2D eigenvalue weighted by Crippen LogP contribution is -2.15. The summed E-state index contributed by atoms with van der Waals surface area (Å²) in [5.41, 5.74) is 1.03. The summed E-state index contributed by atoms with van der Waals surface area (Å²) in [7, 11) is 0. The van der Waals surface area contributed by atoms with Crippen LogP contribution < -0.4 is 0 Å². The van der Waals surface area contributed by atoms with E-state index in [1.807, 2.05) is 24.3 Å². The van der Waals surface area contributed by atoms with Gasteiger partial charge in [-0.1, -0.05) is 34.1 Å². The fourth-order valence-electron chi connectivity index (χ4n) is 1.42. The van der Waals surface area contributed by atoms with Crippen molar-refractivity contribution in [1.82, 2.24) is 0 Å². The molecule has 0 saturated carbocycles. The van der Waals surface area contributed by atoms with Crippen molar-refractivity contribution in [3.8, 4) is 0 Å². The van der Waals surface area contributed by atoms with Crippen molar-refractivity contribution in [1.29, 1.82) is 0 Å². The van der Waals surface area contributed by atoms with Crippen molar-refractivity contribution < 1.29 is 9.90 Å². The third-order valence-corrected chi connectivity index (χ3v) is 2.66. The number of hydrogen-bond donors (Lipinski definition) is 1.